The highest BCUT2D eigenvalue weighted by Gasteiger charge is 2.37. The molecule has 11 nitrogen and oxygen atoms in total. The third-order valence-electron chi connectivity index (χ3n) is 4.15. The van der Waals surface area contributed by atoms with Gasteiger partial charge in [0.05, 0.1) is 0 Å². The van der Waals surface area contributed by atoms with E-state index < -0.39 is 45.5 Å². The van der Waals surface area contributed by atoms with Crippen LogP contribution in [-0.4, -0.2) is 42.5 Å². The molecule has 0 spiro atoms. The van der Waals surface area contributed by atoms with E-state index in [4.69, 9.17) is 0 Å². The number of hydrogen-bond acceptors (Lipinski definition) is 8. The van der Waals surface area contributed by atoms with E-state index in [1.807, 2.05) is 0 Å². The highest BCUT2D eigenvalue weighted by Crippen LogP contribution is 2.36. The molecule has 0 saturated carbocycles. The van der Waals surface area contributed by atoms with Crippen LogP contribution in [-0.2, 0) is 15.0 Å². The molecule has 1 aromatic heterocycles. The second-order valence-electron chi connectivity index (χ2n) is 7.08. The Morgan fingerprint density at radius 3 is 2.63 bits per heavy atom. The first-order valence-corrected chi connectivity index (χ1v) is 10.5. The first kappa shape index (κ1) is 21.4. The van der Waals surface area contributed by atoms with Gasteiger partial charge in [-0.1, -0.05) is 13.8 Å². The number of phenolic OH excluding ortho intramolecular Hbond substituents is 1. The van der Waals surface area contributed by atoms with Crippen LogP contribution < -0.4 is 25.2 Å². The first-order chi connectivity index (χ1) is 14.0. The Balaban J connectivity index is 1.84. The third kappa shape index (κ3) is 4.79. The van der Waals surface area contributed by atoms with Crippen molar-refractivity contribution in [2.45, 2.75) is 20.3 Å². The van der Waals surface area contributed by atoms with Crippen molar-refractivity contribution in [1.29, 1.82) is 0 Å². The largest absolute Gasteiger partial charge is 0.506 e. The van der Waals surface area contributed by atoms with Gasteiger partial charge in [0.1, 0.15) is 23.8 Å². The Morgan fingerprint density at radius 1 is 1.30 bits per heavy atom. The van der Waals surface area contributed by atoms with Crippen LogP contribution in [0.3, 0.4) is 0 Å². The lowest BCUT2D eigenvalue weighted by molar-refractivity contribution is -0.117. The maximum atomic E-state index is 14.6. The highest BCUT2D eigenvalue weighted by molar-refractivity contribution is 7.92. The fourth-order valence-corrected chi connectivity index (χ4v) is 3.95. The number of H-pyrrole nitrogens is 1. The molecule has 2 aromatic rings. The van der Waals surface area contributed by atoms with Gasteiger partial charge in [-0.25, -0.2) is 13.4 Å². The van der Waals surface area contributed by atoms with Gasteiger partial charge in [-0.3, -0.25) is 14.6 Å². The fraction of sp³-hybridized carbons (Fsp3) is 0.353. The molecule has 1 aliphatic rings. The third-order valence-corrected chi connectivity index (χ3v) is 5.52. The monoisotopic (exact) mass is 440 g/mol. The topological polar surface area (TPSA) is 157 Å². The number of carbonyl (C=O) groups excluding carboxylic acids is 1. The minimum Gasteiger partial charge on any atom is -0.506 e. The number of amides is 1. The Labute approximate surface area is 171 Å². The van der Waals surface area contributed by atoms with Gasteiger partial charge in [-0.15, -0.1) is 0 Å². The minimum absolute atomic E-state index is 0.00658. The van der Waals surface area contributed by atoms with Crippen molar-refractivity contribution in [1.82, 2.24) is 14.7 Å². The Hall–Kier alpha value is -3.35. The van der Waals surface area contributed by atoms with Gasteiger partial charge >= 0.3 is 10.2 Å². The van der Waals surface area contributed by atoms with Crippen molar-refractivity contribution < 1.29 is 22.7 Å². The van der Waals surface area contributed by atoms with Crippen molar-refractivity contribution >= 4 is 39.3 Å². The molecule has 162 valence electrons. The molecule has 0 atom stereocenters. The smallest absolute Gasteiger partial charge is 0.326 e. The maximum absolute atomic E-state index is 14.6. The summed E-state index contributed by atoms with van der Waals surface area (Å²) in [5, 5.41) is 15.9. The number of halogens is 1. The normalized spacial score (nSPS) is 15.3. The molecule has 1 aliphatic heterocycles. The summed E-state index contributed by atoms with van der Waals surface area (Å²) in [5.74, 6) is -1.88. The van der Waals surface area contributed by atoms with Crippen molar-refractivity contribution in [3.05, 3.63) is 34.4 Å². The van der Waals surface area contributed by atoms with Crippen molar-refractivity contribution in [3.63, 3.8) is 0 Å². The summed E-state index contributed by atoms with van der Waals surface area (Å²) in [6, 6.07) is 3.23. The molecule has 0 unspecified atom stereocenters. The summed E-state index contributed by atoms with van der Waals surface area (Å²) in [6.45, 7) is 4.07. The zero-order valence-corrected chi connectivity index (χ0v) is 17.0. The number of aromatic nitrogens is 2. The van der Waals surface area contributed by atoms with Crippen LogP contribution in [0.4, 0.5) is 27.5 Å². The van der Waals surface area contributed by atoms with Crippen molar-refractivity contribution in [3.8, 4) is 5.75 Å². The minimum atomic E-state index is -4.29. The molecule has 0 bridgehead atoms. The van der Waals surface area contributed by atoms with Gasteiger partial charge in [-0.05, 0) is 18.4 Å². The van der Waals surface area contributed by atoms with Crippen LogP contribution in [0, 0.1) is 11.7 Å². The zero-order valence-electron chi connectivity index (χ0n) is 16.2. The molecule has 1 fully saturated rings. The number of carbonyl (C=O) groups is 1. The second kappa shape index (κ2) is 8.18. The predicted octanol–water partition coefficient (Wildman–Crippen LogP) is 0.997. The quantitative estimate of drug-likeness (QED) is 0.427. The summed E-state index contributed by atoms with van der Waals surface area (Å²) < 4.78 is 40.5. The molecule has 5 N–H and O–H groups in total. The SMILES string of the molecule is CC(C)CCNc1cc(=O)[nH]c(Nc2cc(O)c(N3CC(=O)NS3(=O)=O)c(F)c2)n1. The predicted molar refractivity (Wildman–Crippen MR) is 109 cm³/mol. The van der Waals surface area contributed by atoms with Crippen LogP contribution >= 0.6 is 0 Å². The second-order valence-corrected chi connectivity index (χ2v) is 8.67. The molecule has 0 aliphatic carbocycles. The van der Waals surface area contributed by atoms with Crippen LogP contribution in [0.25, 0.3) is 0 Å². The van der Waals surface area contributed by atoms with Crippen LogP contribution in [0.1, 0.15) is 20.3 Å². The number of phenols is 1. The van der Waals surface area contributed by atoms with Gasteiger partial charge in [0.2, 0.25) is 5.95 Å². The van der Waals surface area contributed by atoms with E-state index in [1.165, 1.54) is 6.07 Å². The Bertz CT molecular complexity index is 1110. The number of hydrogen-bond donors (Lipinski definition) is 5. The van der Waals surface area contributed by atoms with Gasteiger partial charge in [0, 0.05) is 24.4 Å². The number of nitrogens with zero attached hydrogens (tertiary/aromatic N) is 2. The Kier molecular flexibility index (Phi) is 5.82. The average Bonchev–Trinajstić information content (AvgIpc) is 2.85. The number of rotatable bonds is 7. The molecule has 1 amide bonds. The molecular formula is C17H21FN6O5S. The fourth-order valence-electron chi connectivity index (χ4n) is 2.78. The number of benzene rings is 1. The van der Waals surface area contributed by atoms with E-state index >= 15 is 0 Å². The van der Waals surface area contributed by atoms with Crippen LogP contribution in [0.5, 0.6) is 5.75 Å². The van der Waals surface area contributed by atoms with E-state index in [9.17, 15) is 27.5 Å². The summed E-state index contributed by atoms with van der Waals surface area (Å²) in [4.78, 5) is 29.8. The molecule has 1 aromatic carbocycles. The maximum Gasteiger partial charge on any atom is 0.326 e. The zero-order chi connectivity index (χ0) is 22.1. The number of aromatic hydroxyl groups is 1. The van der Waals surface area contributed by atoms with Gasteiger partial charge in [0.15, 0.2) is 5.82 Å². The lowest BCUT2D eigenvalue weighted by Gasteiger charge is -2.18. The molecule has 30 heavy (non-hydrogen) atoms. The number of anilines is 4. The summed E-state index contributed by atoms with van der Waals surface area (Å²) in [6.07, 6.45) is 0.870. The molecule has 13 heteroatoms. The lowest BCUT2D eigenvalue weighted by atomic mass is 10.1. The van der Waals surface area contributed by atoms with Gasteiger partial charge in [0.25, 0.3) is 11.5 Å². The highest BCUT2D eigenvalue weighted by atomic mass is 32.2. The van der Waals surface area contributed by atoms with Crippen LogP contribution in [0.2, 0.25) is 0 Å². The molecular weight excluding hydrogens is 419 g/mol. The van der Waals surface area contributed by atoms with E-state index in [0.717, 1.165) is 18.6 Å². The van der Waals surface area contributed by atoms with E-state index in [2.05, 4.69) is 34.4 Å². The standard InChI is InChI=1S/C17H21FN6O5S/c1-9(2)3-4-19-13-7-14(26)22-17(21-13)20-10-5-11(18)16(12(25)6-10)24-8-15(27)23-30(24,28)29/h5-7,9,25H,3-4,8H2,1-2H3,(H,23,27)(H3,19,20,21,22,26). The number of nitrogens with one attached hydrogen (secondary N) is 4. The number of aromatic amines is 1. The van der Waals surface area contributed by atoms with E-state index in [-0.39, 0.29) is 11.6 Å². The first-order valence-electron chi connectivity index (χ1n) is 9.03. The molecule has 0 radical (unpaired) electrons. The van der Waals surface area contributed by atoms with Gasteiger partial charge < -0.3 is 15.7 Å². The summed E-state index contributed by atoms with van der Waals surface area (Å²) in [7, 11) is -4.29. The molecule has 1 saturated heterocycles. The molecule has 2 heterocycles. The van der Waals surface area contributed by atoms with E-state index in [0.29, 0.717) is 22.6 Å². The summed E-state index contributed by atoms with van der Waals surface area (Å²) in [5.41, 5.74) is -1.11. The molecule has 3 rings (SSSR count). The van der Waals surface area contributed by atoms with E-state index in [1.54, 1.807) is 4.72 Å². The lowest BCUT2D eigenvalue weighted by Crippen LogP contribution is -2.30. The van der Waals surface area contributed by atoms with Crippen LogP contribution in [0.15, 0.2) is 23.0 Å². The Morgan fingerprint density at radius 2 is 2.03 bits per heavy atom. The summed E-state index contributed by atoms with van der Waals surface area (Å²) >= 11 is 0. The van der Waals surface area contributed by atoms with Crippen molar-refractivity contribution in [2.24, 2.45) is 5.92 Å². The average molecular weight is 440 g/mol. The van der Waals surface area contributed by atoms with Gasteiger partial charge in [-0.2, -0.15) is 13.4 Å². The van der Waals surface area contributed by atoms with Crippen molar-refractivity contribution in [2.75, 3.05) is 28.0 Å².